The van der Waals surface area contributed by atoms with E-state index in [9.17, 15) is 4.39 Å². The standard InChI is InChI=1S/C13H13FN2/c1-8-3-4-12(16-7-8)10-5-9(2)6-11(14)13(10)15/h3-7H,15H2,1-2H3. The second-order valence-corrected chi connectivity index (χ2v) is 3.93. The number of rotatable bonds is 1. The molecule has 0 spiro atoms. The lowest BCUT2D eigenvalue weighted by Crippen LogP contribution is -1.97. The van der Waals surface area contributed by atoms with Gasteiger partial charge >= 0.3 is 0 Å². The largest absolute Gasteiger partial charge is 0.396 e. The zero-order valence-electron chi connectivity index (χ0n) is 9.29. The van der Waals surface area contributed by atoms with Gasteiger partial charge in [-0.3, -0.25) is 4.98 Å². The first-order valence-electron chi connectivity index (χ1n) is 5.06. The highest BCUT2D eigenvalue weighted by molar-refractivity contribution is 5.74. The van der Waals surface area contributed by atoms with Crippen LogP contribution in [0.5, 0.6) is 0 Å². The predicted octanol–water partition coefficient (Wildman–Crippen LogP) is 3.09. The van der Waals surface area contributed by atoms with Gasteiger partial charge in [0.15, 0.2) is 0 Å². The van der Waals surface area contributed by atoms with Gasteiger partial charge in [-0.25, -0.2) is 4.39 Å². The summed E-state index contributed by atoms with van der Waals surface area (Å²) >= 11 is 0. The van der Waals surface area contributed by atoms with Crippen LogP contribution < -0.4 is 5.73 Å². The Kier molecular flexibility index (Phi) is 2.60. The van der Waals surface area contributed by atoms with Crippen LogP contribution in [0.3, 0.4) is 0 Å². The number of aryl methyl sites for hydroxylation is 2. The molecule has 0 aliphatic carbocycles. The molecule has 0 aliphatic rings. The van der Waals surface area contributed by atoms with Crippen LogP contribution in [0.4, 0.5) is 10.1 Å². The first-order valence-corrected chi connectivity index (χ1v) is 5.06. The molecule has 2 N–H and O–H groups in total. The monoisotopic (exact) mass is 216 g/mol. The van der Waals surface area contributed by atoms with Crippen molar-refractivity contribution in [3.05, 3.63) is 47.4 Å². The molecule has 0 amide bonds. The minimum atomic E-state index is -0.391. The van der Waals surface area contributed by atoms with Gasteiger partial charge < -0.3 is 5.73 Å². The second kappa shape index (κ2) is 3.93. The Labute approximate surface area is 93.9 Å². The Hall–Kier alpha value is -1.90. The molecular formula is C13H13FN2. The predicted molar refractivity (Wildman–Crippen MR) is 63.5 cm³/mol. The number of hydrogen-bond donors (Lipinski definition) is 1. The molecule has 16 heavy (non-hydrogen) atoms. The molecule has 0 radical (unpaired) electrons. The van der Waals surface area contributed by atoms with Crippen LogP contribution in [-0.2, 0) is 0 Å². The second-order valence-electron chi connectivity index (χ2n) is 3.93. The molecule has 0 aliphatic heterocycles. The van der Waals surface area contributed by atoms with Gasteiger partial charge in [-0.05, 0) is 43.2 Å². The fraction of sp³-hybridized carbons (Fsp3) is 0.154. The number of hydrogen-bond acceptors (Lipinski definition) is 2. The number of nitrogen functional groups attached to an aromatic ring is 1. The molecule has 0 saturated carbocycles. The van der Waals surface area contributed by atoms with Crippen molar-refractivity contribution in [2.24, 2.45) is 0 Å². The number of halogens is 1. The van der Waals surface area contributed by atoms with Crippen molar-refractivity contribution in [1.82, 2.24) is 4.98 Å². The van der Waals surface area contributed by atoms with E-state index in [1.54, 1.807) is 6.20 Å². The summed E-state index contributed by atoms with van der Waals surface area (Å²) in [6, 6.07) is 7.05. The number of aromatic nitrogens is 1. The van der Waals surface area contributed by atoms with E-state index in [0.717, 1.165) is 11.1 Å². The van der Waals surface area contributed by atoms with Crippen molar-refractivity contribution in [1.29, 1.82) is 0 Å². The Balaban J connectivity index is 2.59. The fourth-order valence-corrected chi connectivity index (χ4v) is 1.59. The number of nitrogens with zero attached hydrogens (tertiary/aromatic N) is 1. The number of benzene rings is 1. The van der Waals surface area contributed by atoms with Gasteiger partial charge in [-0.1, -0.05) is 6.07 Å². The molecule has 0 fully saturated rings. The van der Waals surface area contributed by atoms with Crippen LogP contribution in [0.15, 0.2) is 30.5 Å². The van der Waals surface area contributed by atoms with Crippen molar-refractivity contribution in [3.8, 4) is 11.3 Å². The first kappa shape index (κ1) is 10.6. The molecule has 0 atom stereocenters. The third-order valence-electron chi connectivity index (χ3n) is 2.46. The smallest absolute Gasteiger partial charge is 0.147 e. The fourth-order valence-electron chi connectivity index (χ4n) is 1.59. The lowest BCUT2D eigenvalue weighted by molar-refractivity contribution is 0.631. The van der Waals surface area contributed by atoms with E-state index in [1.807, 2.05) is 32.0 Å². The molecule has 2 rings (SSSR count). The lowest BCUT2D eigenvalue weighted by atomic mass is 10.1. The van der Waals surface area contributed by atoms with Gasteiger partial charge in [-0.2, -0.15) is 0 Å². The third-order valence-corrected chi connectivity index (χ3v) is 2.46. The summed E-state index contributed by atoms with van der Waals surface area (Å²) in [5.74, 6) is -0.391. The highest BCUT2D eigenvalue weighted by Gasteiger charge is 2.09. The highest BCUT2D eigenvalue weighted by Crippen LogP contribution is 2.27. The van der Waals surface area contributed by atoms with E-state index in [4.69, 9.17) is 5.73 Å². The maximum atomic E-state index is 13.5. The summed E-state index contributed by atoms with van der Waals surface area (Å²) in [5.41, 5.74) is 9.11. The zero-order valence-corrected chi connectivity index (χ0v) is 9.29. The zero-order chi connectivity index (χ0) is 11.7. The molecule has 2 nitrogen and oxygen atoms in total. The summed E-state index contributed by atoms with van der Waals surface area (Å²) in [6.45, 7) is 3.79. The Bertz CT molecular complexity index is 518. The lowest BCUT2D eigenvalue weighted by Gasteiger charge is -2.07. The molecule has 3 heteroatoms. The van der Waals surface area contributed by atoms with Crippen LogP contribution >= 0.6 is 0 Å². The highest BCUT2D eigenvalue weighted by atomic mass is 19.1. The summed E-state index contributed by atoms with van der Waals surface area (Å²) in [6.07, 6.45) is 1.75. The van der Waals surface area contributed by atoms with Gasteiger partial charge in [0.25, 0.3) is 0 Å². The Morgan fingerprint density at radius 2 is 1.88 bits per heavy atom. The van der Waals surface area contributed by atoms with Crippen LogP contribution in [-0.4, -0.2) is 4.98 Å². The SMILES string of the molecule is Cc1ccc(-c2cc(C)cc(F)c2N)nc1. The molecule has 82 valence electrons. The molecular weight excluding hydrogens is 203 g/mol. The van der Waals surface area contributed by atoms with Crippen LogP contribution in [0.1, 0.15) is 11.1 Å². The van der Waals surface area contributed by atoms with Crippen LogP contribution in [0, 0.1) is 19.7 Å². The van der Waals surface area contributed by atoms with Crippen molar-refractivity contribution < 1.29 is 4.39 Å². The molecule has 1 aromatic heterocycles. The quantitative estimate of drug-likeness (QED) is 0.744. The van der Waals surface area contributed by atoms with E-state index in [1.165, 1.54) is 6.07 Å². The average molecular weight is 216 g/mol. The molecule has 1 aromatic carbocycles. The van der Waals surface area contributed by atoms with Crippen LogP contribution in [0.2, 0.25) is 0 Å². The van der Waals surface area contributed by atoms with Crippen molar-refractivity contribution in [3.63, 3.8) is 0 Å². The summed E-state index contributed by atoms with van der Waals surface area (Å²) in [4.78, 5) is 4.24. The average Bonchev–Trinajstić information content (AvgIpc) is 2.25. The van der Waals surface area contributed by atoms with E-state index in [0.29, 0.717) is 11.3 Å². The maximum Gasteiger partial charge on any atom is 0.147 e. The Morgan fingerprint density at radius 1 is 1.12 bits per heavy atom. The van der Waals surface area contributed by atoms with Gasteiger partial charge in [0.2, 0.25) is 0 Å². The van der Waals surface area contributed by atoms with Crippen molar-refractivity contribution >= 4 is 5.69 Å². The van der Waals surface area contributed by atoms with E-state index in [-0.39, 0.29) is 5.69 Å². The molecule has 0 unspecified atom stereocenters. The normalized spacial score (nSPS) is 10.4. The molecule has 0 saturated heterocycles. The van der Waals surface area contributed by atoms with E-state index < -0.39 is 5.82 Å². The topological polar surface area (TPSA) is 38.9 Å². The van der Waals surface area contributed by atoms with Crippen molar-refractivity contribution in [2.75, 3.05) is 5.73 Å². The molecule has 2 aromatic rings. The number of anilines is 1. The minimum Gasteiger partial charge on any atom is -0.396 e. The van der Waals surface area contributed by atoms with Gasteiger partial charge in [0, 0.05) is 11.8 Å². The third kappa shape index (κ3) is 1.89. The minimum absolute atomic E-state index is 0.155. The molecule has 0 bridgehead atoms. The number of pyridine rings is 1. The van der Waals surface area contributed by atoms with Gasteiger partial charge in [-0.15, -0.1) is 0 Å². The summed E-state index contributed by atoms with van der Waals surface area (Å²) in [7, 11) is 0. The van der Waals surface area contributed by atoms with Gasteiger partial charge in [0.1, 0.15) is 5.82 Å². The van der Waals surface area contributed by atoms with Gasteiger partial charge in [0.05, 0.1) is 11.4 Å². The summed E-state index contributed by atoms with van der Waals surface area (Å²) in [5, 5.41) is 0. The van der Waals surface area contributed by atoms with E-state index >= 15 is 0 Å². The Morgan fingerprint density at radius 3 is 2.50 bits per heavy atom. The molecule has 1 heterocycles. The summed E-state index contributed by atoms with van der Waals surface area (Å²) < 4.78 is 13.5. The van der Waals surface area contributed by atoms with Crippen molar-refractivity contribution in [2.45, 2.75) is 13.8 Å². The maximum absolute atomic E-state index is 13.5. The number of nitrogens with two attached hydrogens (primary N) is 1. The van der Waals surface area contributed by atoms with Crippen LogP contribution in [0.25, 0.3) is 11.3 Å². The van der Waals surface area contributed by atoms with E-state index in [2.05, 4.69) is 4.98 Å². The first-order chi connectivity index (χ1) is 7.58.